The van der Waals surface area contributed by atoms with Gasteiger partial charge in [0.1, 0.15) is 99.8 Å². The zero-order valence-electron chi connectivity index (χ0n) is 61.0. The standard InChI is InChI=1S/C21H20N2O4.C13H10O3.C8H12N2O2.C8H8N2O2.C7H5ClN2O.2C7H6N2O2.C4H4O2.C3H2N2/c1-14-12-19(26-2)18(21(25)23-14)13-22-20(24)15-8-10-17(11-9-15)27-16-6-4-3-5-7-16;14-13(15)10-6-8-12(9-7-10)16-11-4-2-1-3-5-11;2*1-5-3-7(12-2)6(4-9)8(11)10-5;1-4-2-6(8)5(3-9)7(11)10-4;1-4-2-6(10)5(3-8)7(9)11-4;1-4-2-6(10)5(3-8)7(11)9-4;1-3-2-4(5)6-3;1-5-3-2-4/h3-12H,13H2,1-2H3,(H,22,24)(H,23,25);1-9H,(H,14,15);3H,4,9H2,1-2H3,(H,10,11);3H,1-2H3,(H,10,11);2H,1H3,(H,10,11);2H,9H2,1H3;2H,1H3,(H2,9,10,11);1-2H2;3H2. The predicted molar refractivity (Wildman–Crippen MR) is 407 cm³/mol. The van der Waals surface area contributed by atoms with E-state index in [0.717, 1.165) is 17.2 Å². The van der Waals surface area contributed by atoms with Crippen molar-refractivity contribution in [3.05, 3.63) is 315 Å². The second-order valence-electron chi connectivity index (χ2n) is 22.1. The maximum atomic E-state index is 12.4. The fourth-order valence-corrected chi connectivity index (χ4v) is 8.80. The first kappa shape index (κ1) is 89.7. The highest BCUT2D eigenvalue weighted by atomic mass is 35.5. The van der Waals surface area contributed by atoms with Gasteiger partial charge in [0, 0.05) is 58.8 Å². The Kier molecular flexibility index (Phi) is 37.5. The predicted octanol–water partition coefficient (Wildman–Crippen LogP) is 10.1. The first-order valence-corrected chi connectivity index (χ1v) is 32.3. The molecule has 0 aliphatic carbocycles. The smallest absolute Gasteiger partial charge is 0.335 e. The molecule has 0 radical (unpaired) electrons. The molecule has 12 N–H and O–H groups in total. The number of H-pyrrole nitrogens is 5. The monoisotopic (exact) mass is 1530 g/mol. The van der Waals surface area contributed by atoms with Gasteiger partial charge >= 0.3 is 11.9 Å². The van der Waals surface area contributed by atoms with E-state index in [1.807, 2.05) is 60.7 Å². The van der Waals surface area contributed by atoms with Crippen LogP contribution in [-0.4, -0.2) is 80.9 Å². The molecule has 6 aromatic heterocycles. The Bertz CT molecular complexity index is 5330. The number of nitriles is 5. The third-order valence-electron chi connectivity index (χ3n) is 13.6. The number of pyridine rings is 5. The number of aromatic hydroxyl groups is 1. The number of amides is 1. The van der Waals surface area contributed by atoms with Crippen LogP contribution in [-0.2, 0) is 22.6 Å². The molecule has 32 nitrogen and oxygen atoms in total. The quantitative estimate of drug-likeness (QED) is 0.0309. The van der Waals surface area contributed by atoms with Crippen molar-refractivity contribution in [3.63, 3.8) is 0 Å². The van der Waals surface area contributed by atoms with Crippen molar-refractivity contribution in [2.45, 2.75) is 61.1 Å². The summed E-state index contributed by atoms with van der Waals surface area (Å²) in [7, 11) is 4.44. The third-order valence-corrected chi connectivity index (χ3v) is 13.9. The summed E-state index contributed by atoms with van der Waals surface area (Å²) < 4.78 is 35.4. The number of hydrogen-bond donors (Lipinski definition) is 10. The molecule has 10 aromatic rings. The summed E-state index contributed by atoms with van der Waals surface area (Å²) in [6.07, 6.45) is 0.417. The molecule has 4 aromatic carbocycles. The van der Waals surface area contributed by atoms with E-state index in [2.05, 4.69) is 46.4 Å². The minimum atomic E-state index is -0.939. The molecule has 570 valence electrons. The number of aromatic nitrogens is 5. The number of aryl methyl sites for hydroxylation is 6. The summed E-state index contributed by atoms with van der Waals surface area (Å²) in [5.74, 6) is 3.24. The van der Waals surface area contributed by atoms with Gasteiger partial charge in [-0.15, -0.1) is 0 Å². The average Bonchev–Trinajstić information content (AvgIpc) is 0.849. The number of cyclic esters (lactones) is 1. The van der Waals surface area contributed by atoms with Crippen molar-refractivity contribution in [1.29, 1.82) is 26.3 Å². The zero-order chi connectivity index (χ0) is 82.9. The molecule has 0 atom stereocenters. The number of aromatic amines is 5. The molecule has 1 fully saturated rings. The molecule has 7 heterocycles. The Balaban J connectivity index is 0.000000337. The van der Waals surface area contributed by atoms with Crippen LogP contribution in [0.15, 0.2) is 191 Å². The number of nitrogens with one attached hydrogen (secondary N) is 6. The number of ether oxygens (including phenoxy) is 6. The number of carbonyl (C=O) groups is 3. The zero-order valence-corrected chi connectivity index (χ0v) is 61.8. The van der Waals surface area contributed by atoms with E-state index < -0.39 is 28.1 Å². The number of carboxylic acid groups (broad SMARTS) is 1. The average molecular weight is 1530 g/mol. The number of esters is 1. The maximum Gasteiger partial charge on any atom is 0.335 e. The number of nitrogens with two attached hydrogens (primary N) is 2. The Morgan fingerprint density at radius 1 is 0.568 bits per heavy atom. The number of methoxy groups -OCH3 is 3. The Morgan fingerprint density at radius 3 is 1.33 bits per heavy atom. The van der Waals surface area contributed by atoms with E-state index in [1.54, 1.807) is 133 Å². The van der Waals surface area contributed by atoms with Crippen molar-refractivity contribution >= 4 is 35.3 Å². The van der Waals surface area contributed by atoms with Gasteiger partial charge < -0.3 is 89.6 Å². The van der Waals surface area contributed by atoms with E-state index >= 15 is 0 Å². The number of hydrogen-bond acceptors (Lipinski definition) is 24. The van der Waals surface area contributed by atoms with Crippen LogP contribution in [0, 0.1) is 105 Å². The lowest BCUT2D eigenvalue weighted by atomic mass is 10.2. The molecule has 1 aliphatic rings. The van der Waals surface area contributed by atoms with Gasteiger partial charge in [-0.3, -0.25) is 38.4 Å². The molecule has 1 saturated heterocycles. The molecule has 33 heteroatoms. The van der Waals surface area contributed by atoms with E-state index in [1.165, 1.54) is 45.6 Å². The van der Waals surface area contributed by atoms with Crippen LogP contribution < -0.4 is 73.7 Å². The minimum absolute atomic E-state index is 0.0139. The molecular weight excluding hydrogens is 1460 g/mol. The van der Waals surface area contributed by atoms with E-state index in [0.29, 0.717) is 86.2 Å². The summed E-state index contributed by atoms with van der Waals surface area (Å²) in [5.41, 5.74) is 12.9. The van der Waals surface area contributed by atoms with Gasteiger partial charge in [0.25, 0.3) is 40.2 Å². The van der Waals surface area contributed by atoms with Crippen molar-refractivity contribution in [3.8, 4) is 76.3 Å². The van der Waals surface area contributed by atoms with Gasteiger partial charge in [0.15, 0.2) is 16.7 Å². The van der Waals surface area contributed by atoms with Crippen LogP contribution in [0.4, 0.5) is 5.88 Å². The van der Waals surface area contributed by atoms with Gasteiger partial charge in [-0.1, -0.05) is 54.6 Å². The van der Waals surface area contributed by atoms with Crippen molar-refractivity contribution in [2.24, 2.45) is 5.73 Å². The van der Waals surface area contributed by atoms with Crippen LogP contribution in [0.2, 0.25) is 5.02 Å². The van der Waals surface area contributed by atoms with E-state index in [4.69, 9.17) is 94.3 Å². The van der Waals surface area contributed by atoms with Crippen LogP contribution in [0.1, 0.15) is 94.7 Å². The number of anilines is 1. The normalized spacial score (nSPS) is 9.92. The number of carbonyl (C=O) groups excluding carboxylic acids is 2. The molecule has 11 rings (SSSR count). The summed E-state index contributed by atoms with van der Waals surface area (Å²) in [6, 6.07) is 49.4. The molecule has 0 bridgehead atoms. The molecule has 0 saturated carbocycles. The molecule has 1 aliphatic heterocycles. The first-order chi connectivity index (χ1) is 52.8. The van der Waals surface area contributed by atoms with Crippen molar-refractivity contribution in [2.75, 3.05) is 33.6 Å². The Labute approximate surface area is 638 Å². The number of aromatic carboxylic acids is 1. The Morgan fingerprint density at radius 2 is 0.964 bits per heavy atom. The lowest BCUT2D eigenvalue weighted by Crippen LogP contribution is -2.27. The van der Waals surface area contributed by atoms with Crippen LogP contribution in [0.5, 0.6) is 46.0 Å². The lowest BCUT2D eigenvalue weighted by Gasteiger charge is -2.12. The molecule has 0 unspecified atom stereocenters. The van der Waals surface area contributed by atoms with Gasteiger partial charge in [-0.25, -0.2) is 11.4 Å². The summed E-state index contributed by atoms with van der Waals surface area (Å²) in [6.45, 7) is 19.8. The highest BCUT2D eigenvalue weighted by molar-refractivity contribution is 6.31. The van der Waals surface area contributed by atoms with Crippen LogP contribution in [0.3, 0.4) is 0 Å². The number of rotatable bonds is 12. The number of nitrogens with zero attached hydrogens (tertiary/aromatic N) is 6. The van der Waals surface area contributed by atoms with E-state index in [-0.39, 0.29) is 87.1 Å². The third kappa shape index (κ3) is 30.3. The summed E-state index contributed by atoms with van der Waals surface area (Å²) in [4.78, 5) is 115. The molecule has 0 spiro atoms. The van der Waals surface area contributed by atoms with E-state index in [9.17, 15) is 43.2 Å². The maximum absolute atomic E-state index is 12.4. The summed E-state index contributed by atoms with van der Waals surface area (Å²) >= 11 is 5.59. The first-order valence-electron chi connectivity index (χ1n) is 32.0. The summed E-state index contributed by atoms with van der Waals surface area (Å²) in [5, 5.41) is 62.1. The van der Waals surface area contributed by atoms with Gasteiger partial charge in [-0.2, -0.15) is 26.3 Å². The SMILES string of the molecule is C=C1CC(=O)O1.COc1cc(C)[nH]c(=O)c1C#N.COc1cc(C)[nH]c(=O)c1CN.COc1cc(C)[nH]c(=O)c1CNC(=O)c1ccc(Oc2ccccc2)cc1.Cc1cc(=O)c(C#N)c(N)o1.Cc1cc(Cl)c(C#N)c(=O)[nH]1.Cc1cc(O)c(C#N)c(=O)[nH]1.O=C(O)c1ccc(Oc2ccccc2)cc1.[C-]#[N+]CC#N. The van der Waals surface area contributed by atoms with Crippen LogP contribution in [0.25, 0.3) is 4.85 Å². The minimum Gasteiger partial charge on any atom is -0.506 e. The lowest BCUT2D eigenvalue weighted by molar-refractivity contribution is -0.148. The Hall–Kier alpha value is -15.5. The number of halogens is 1. The highest BCUT2D eigenvalue weighted by Gasteiger charge is 2.18. The van der Waals surface area contributed by atoms with Crippen molar-refractivity contribution in [1.82, 2.24) is 30.2 Å². The number of nitrogen functional groups attached to an aromatic ring is 1. The fourth-order valence-electron chi connectivity index (χ4n) is 8.51. The van der Waals surface area contributed by atoms with Crippen molar-refractivity contribution < 1.29 is 57.4 Å². The van der Waals surface area contributed by atoms with Crippen LogP contribution >= 0.6 is 11.6 Å². The topological polar surface area (TPSA) is 529 Å². The fraction of sp³-hybridized carbons (Fsp3) is 0.167. The molecule has 1 amide bonds. The van der Waals surface area contributed by atoms with Gasteiger partial charge in [0.05, 0.1) is 49.6 Å². The second-order valence-corrected chi connectivity index (χ2v) is 22.5. The second kappa shape index (κ2) is 46.4. The molecular formula is C78H73ClN14O18. The molecule has 111 heavy (non-hydrogen) atoms. The highest BCUT2D eigenvalue weighted by Crippen LogP contribution is 2.24. The largest absolute Gasteiger partial charge is 0.506 e. The van der Waals surface area contributed by atoms with Gasteiger partial charge in [-0.05, 0) is 133 Å². The van der Waals surface area contributed by atoms with Gasteiger partial charge in [0.2, 0.25) is 11.3 Å². The number of benzene rings is 4. The number of para-hydroxylation sites is 2. The number of carboxylic acids is 1.